The first kappa shape index (κ1) is 11.4. The molecule has 1 N–H and O–H groups in total. The molecule has 92 valence electrons. The van der Waals surface area contributed by atoms with Crippen molar-refractivity contribution in [2.45, 2.75) is 12.5 Å². The largest absolute Gasteiger partial charge is 0.497 e. The SMILES string of the molecule is COc1cccc(C2Cc3cccc(Cl)c3N2)c1. The van der Waals surface area contributed by atoms with Gasteiger partial charge in [-0.15, -0.1) is 0 Å². The zero-order valence-electron chi connectivity index (χ0n) is 10.1. The van der Waals surface area contributed by atoms with Crippen LogP contribution in [-0.2, 0) is 6.42 Å². The number of para-hydroxylation sites is 1. The van der Waals surface area contributed by atoms with Crippen molar-refractivity contribution in [1.29, 1.82) is 0 Å². The van der Waals surface area contributed by atoms with Crippen LogP contribution in [0.3, 0.4) is 0 Å². The summed E-state index contributed by atoms with van der Waals surface area (Å²) >= 11 is 6.19. The monoisotopic (exact) mass is 259 g/mol. The Balaban J connectivity index is 1.91. The molecule has 0 aliphatic carbocycles. The molecular formula is C15H14ClNO. The first-order chi connectivity index (χ1) is 8.78. The van der Waals surface area contributed by atoms with E-state index in [-0.39, 0.29) is 6.04 Å². The molecule has 2 nitrogen and oxygen atoms in total. The van der Waals surface area contributed by atoms with Gasteiger partial charge >= 0.3 is 0 Å². The van der Waals surface area contributed by atoms with Crippen LogP contribution in [0.1, 0.15) is 17.2 Å². The summed E-state index contributed by atoms with van der Waals surface area (Å²) in [6.07, 6.45) is 0.961. The highest BCUT2D eigenvalue weighted by Crippen LogP contribution is 2.39. The molecule has 0 saturated heterocycles. The van der Waals surface area contributed by atoms with Gasteiger partial charge in [-0.3, -0.25) is 0 Å². The summed E-state index contributed by atoms with van der Waals surface area (Å²) in [5.74, 6) is 0.886. The number of benzene rings is 2. The van der Waals surface area contributed by atoms with Crippen LogP contribution in [-0.4, -0.2) is 7.11 Å². The summed E-state index contributed by atoms with van der Waals surface area (Å²) in [4.78, 5) is 0. The molecule has 1 aliphatic rings. The topological polar surface area (TPSA) is 21.3 Å². The van der Waals surface area contributed by atoms with Crippen LogP contribution in [0.5, 0.6) is 5.75 Å². The van der Waals surface area contributed by atoms with E-state index in [4.69, 9.17) is 16.3 Å². The van der Waals surface area contributed by atoms with Crippen molar-refractivity contribution in [2.75, 3.05) is 12.4 Å². The number of hydrogen-bond acceptors (Lipinski definition) is 2. The van der Waals surface area contributed by atoms with Crippen LogP contribution in [0.25, 0.3) is 0 Å². The number of hydrogen-bond donors (Lipinski definition) is 1. The lowest BCUT2D eigenvalue weighted by Crippen LogP contribution is -2.05. The number of halogens is 1. The quantitative estimate of drug-likeness (QED) is 0.878. The fourth-order valence-corrected chi connectivity index (χ4v) is 2.65. The van der Waals surface area contributed by atoms with Gasteiger partial charge in [0, 0.05) is 0 Å². The van der Waals surface area contributed by atoms with E-state index in [1.54, 1.807) is 7.11 Å². The first-order valence-electron chi connectivity index (χ1n) is 5.96. The molecule has 0 aromatic heterocycles. The van der Waals surface area contributed by atoms with Crippen LogP contribution >= 0.6 is 11.6 Å². The van der Waals surface area contributed by atoms with Gasteiger partial charge in [-0.2, -0.15) is 0 Å². The van der Waals surface area contributed by atoms with Crippen LogP contribution in [0.4, 0.5) is 5.69 Å². The maximum Gasteiger partial charge on any atom is 0.119 e. The fraction of sp³-hybridized carbons (Fsp3) is 0.200. The molecule has 1 heterocycles. The molecule has 3 heteroatoms. The van der Waals surface area contributed by atoms with Gasteiger partial charge < -0.3 is 10.1 Å². The first-order valence-corrected chi connectivity index (χ1v) is 6.33. The predicted molar refractivity (Wildman–Crippen MR) is 74.5 cm³/mol. The van der Waals surface area contributed by atoms with Crippen molar-refractivity contribution in [3.8, 4) is 5.75 Å². The van der Waals surface area contributed by atoms with Gasteiger partial charge in [0.2, 0.25) is 0 Å². The molecule has 0 amide bonds. The molecule has 1 unspecified atom stereocenters. The van der Waals surface area contributed by atoms with E-state index in [1.165, 1.54) is 11.1 Å². The van der Waals surface area contributed by atoms with Crippen LogP contribution in [0.15, 0.2) is 42.5 Å². The molecule has 3 rings (SSSR count). The third-order valence-electron chi connectivity index (χ3n) is 3.34. The van der Waals surface area contributed by atoms with E-state index < -0.39 is 0 Å². The zero-order valence-corrected chi connectivity index (χ0v) is 10.9. The molecule has 0 fully saturated rings. The number of methoxy groups -OCH3 is 1. The maximum atomic E-state index is 6.19. The molecule has 0 bridgehead atoms. The van der Waals surface area contributed by atoms with Gasteiger partial charge in [-0.05, 0) is 35.7 Å². The number of ether oxygens (including phenoxy) is 1. The van der Waals surface area contributed by atoms with E-state index in [9.17, 15) is 0 Å². The Hall–Kier alpha value is -1.67. The lowest BCUT2D eigenvalue weighted by atomic mass is 10.0. The van der Waals surface area contributed by atoms with Gasteiger partial charge in [0.15, 0.2) is 0 Å². The Morgan fingerprint density at radius 2 is 2.06 bits per heavy atom. The number of nitrogens with one attached hydrogen (secondary N) is 1. The highest BCUT2D eigenvalue weighted by molar-refractivity contribution is 6.33. The van der Waals surface area contributed by atoms with Crippen LogP contribution in [0, 0.1) is 0 Å². The van der Waals surface area contributed by atoms with Gasteiger partial charge in [-0.1, -0.05) is 35.9 Å². The Morgan fingerprint density at radius 1 is 1.22 bits per heavy atom. The average Bonchev–Trinajstić information content (AvgIpc) is 2.84. The minimum atomic E-state index is 0.273. The molecule has 0 radical (unpaired) electrons. The smallest absolute Gasteiger partial charge is 0.119 e. The van der Waals surface area contributed by atoms with Gasteiger partial charge in [0.1, 0.15) is 5.75 Å². The summed E-state index contributed by atoms with van der Waals surface area (Å²) in [7, 11) is 1.69. The summed E-state index contributed by atoms with van der Waals surface area (Å²) in [6, 6.07) is 14.5. The van der Waals surface area contributed by atoms with Crippen LogP contribution in [0.2, 0.25) is 5.02 Å². The highest BCUT2D eigenvalue weighted by atomic mass is 35.5. The molecule has 2 aromatic rings. The summed E-state index contributed by atoms with van der Waals surface area (Å²) in [5.41, 5.74) is 3.56. The van der Waals surface area contributed by atoms with Gasteiger partial charge in [-0.25, -0.2) is 0 Å². The summed E-state index contributed by atoms with van der Waals surface area (Å²) in [5, 5.41) is 4.27. The second-order valence-corrected chi connectivity index (χ2v) is 4.86. The molecule has 18 heavy (non-hydrogen) atoms. The minimum Gasteiger partial charge on any atom is -0.497 e. The van der Waals surface area contributed by atoms with E-state index in [2.05, 4.69) is 23.5 Å². The van der Waals surface area contributed by atoms with E-state index in [0.29, 0.717) is 0 Å². The average molecular weight is 260 g/mol. The van der Waals surface area contributed by atoms with E-state index in [1.807, 2.05) is 24.3 Å². The van der Waals surface area contributed by atoms with Gasteiger partial charge in [0.05, 0.1) is 23.9 Å². The number of rotatable bonds is 2. The Bertz CT molecular complexity index is 582. The lowest BCUT2D eigenvalue weighted by molar-refractivity contribution is 0.414. The standard InChI is InChI=1S/C15H14ClNO/c1-18-12-6-2-4-10(8-12)14-9-11-5-3-7-13(16)15(11)17-14/h2-8,14,17H,9H2,1H3. The van der Waals surface area contributed by atoms with Gasteiger partial charge in [0.25, 0.3) is 0 Å². The van der Waals surface area contributed by atoms with Crippen molar-refractivity contribution >= 4 is 17.3 Å². The third-order valence-corrected chi connectivity index (χ3v) is 3.65. The van der Waals surface area contributed by atoms with Crippen LogP contribution < -0.4 is 10.1 Å². The molecule has 0 spiro atoms. The third kappa shape index (κ3) is 1.93. The molecular weight excluding hydrogens is 246 g/mol. The number of anilines is 1. The maximum absolute atomic E-state index is 6.19. The normalized spacial score (nSPS) is 17.1. The van der Waals surface area contributed by atoms with Crippen molar-refractivity contribution < 1.29 is 4.74 Å². The predicted octanol–water partition coefficient (Wildman–Crippen LogP) is 4.06. The Morgan fingerprint density at radius 3 is 2.83 bits per heavy atom. The number of fused-ring (bicyclic) bond motifs is 1. The van der Waals surface area contributed by atoms with E-state index >= 15 is 0 Å². The second kappa shape index (κ2) is 4.54. The minimum absolute atomic E-state index is 0.273. The zero-order chi connectivity index (χ0) is 12.5. The highest BCUT2D eigenvalue weighted by Gasteiger charge is 2.23. The van der Waals surface area contributed by atoms with Crippen molar-refractivity contribution in [1.82, 2.24) is 0 Å². The summed E-state index contributed by atoms with van der Waals surface area (Å²) in [6.45, 7) is 0. The summed E-state index contributed by atoms with van der Waals surface area (Å²) < 4.78 is 5.26. The molecule has 0 saturated carbocycles. The molecule has 2 aromatic carbocycles. The van der Waals surface area contributed by atoms with Crippen molar-refractivity contribution in [2.24, 2.45) is 0 Å². The lowest BCUT2D eigenvalue weighted by Gasteiger charge is -2.13. The Kier molecular flexibility index (Phi) is 2.88. The fourth-order valence-electron chi connectivity index (χ4n) is 2.41. The van der Waals surface area contributed by atoms with Crippen molar-refractivity contribution in [3.05, 3.63) is 58.6 Å². The van der Waals surface area contributed by atoms with Crippen molar-refractivity contribution in [3.63, 3.8) is 0 Å². The molecule has 1 aliphatic heterocycles. The second-order valence-electron chi connectivity index (χ2n) is 4.45. The van der Waals surface area contributed by atoms with E-state index in [0.717, 1.165) is 22.9 Å². The molecule has 1 atom stereocenters. The Labute approximate surface area is 112 Å².